The molecule has 0 amide bonds. The van der Waals surface area contributed by atoms with Crippen LogP contribution in [0.1, 0.15) is 155 Å². The quantitative estimate of drug-likeness (QED) is 0.0450. The highest BCUT2D eigenvalue weighted by molar-refractivity contribution is 5.69. The van der Waals surface area contributed by atoms with Crippen molar-refractivity contribution in [3.63, 3.8) is 0 Å². The Labute approximate surface area is 283 Å². The maximum absolute atomic E-state index is 11.9. The van der Waals surface area contributed by atoms with Gasteiger partial charge in [-0.15, -0.1) is 0 Å². The van der Waals surface area contributed by atoms with E-state index in [-0.39, 0.29) is 25.2 Å². The lowest BCUT2D eigenvalue weighted by atomic mass is 10.1. The molecular weight excluding hydrogens is 572 g/mol. The number of aliphatic hydroxyl groups is 1. The number of rotatable bonds is 32. The number of hydrogen-bond donors (Lipinski definition) is 1. The molecule has 0 radical (unpaired) electrons. The van der Waals surface area contributed by atoms with E-state index in [1.165, 1.54) is 44.9 Å². The normalized spacial score (nSPS) is 13.0. The molecule has 0 saturated carbocycles. The van der Waals surface area contributed by atoms with E-state index in [0.29, 0.717) is 12.8 Å². The molecule has 0 fully saturated rings. The summed E-state index contributed by atoms with van der Waals surface area (Å²) in [6.45, 7) is 4.12. The van der Waals surface area contributed by atoms with Crippen LogP contribution >= 0.6 is 0 Å². The molecule has 1 N–H and O–H groups in total. The summed E-state index contributed by atoms with van der Waals surface area (Å²) in [6, 6.07) is 0. The topological polar surface area (TPSA) is 72.8 Å². The van der Waals surface area contributed by atoms with Crippen molar-refractivity contribution in [1.29, 1.82) is 0 Å². The van der Waals surface area contributed by atoms with Crippen LogP contribution in [0.15, 0.2) is 72.9 Å². The molecule has 0 aromatic carbocycles. The zero-order valence-corrected chi connectivity index (χ0v) is 29.6. The molecule has 0 bridgehead atoms. The first-order valence-electron chi connectivity index (χ1n) is 18.5. The number of carbonyl (C=O) groups excluding carboxylic acids is 2. The summed E-state index contributed by atoms with van der Waals surface area (Å²) in [5.41, 5.74) is 0. The molecule has 0 spiro atoms. The molecule has 0 aliphatic carbocycles. The SMILES string of the molecule is CC/C=C\C/C=C\C/C=C\C/C=C\C/C=C\CCCCCC(=O)OC[C@H](O)COC(=O)CCCCC/C=C\CCCCCCCC. The lowest BCUT2D eigenvalue weighted by Crippen LogP contribution is -2.25. The fourth-order valence-corrected chi connectivity index (χ4v) is 4.63. The lowest BCUT2D eigenvalue weighted by Gasteiger charge is -2.12. The highest BCUT2D eigenvalue weighted by Gasteiger charge is 2.12. The van der Waals surface area contributed by atoms with Gasteiger partial charge in [-0.1, -0.05) is 132 Å². The predicted octanol–water partition coefficient (Wildman–Crippen LogP) is 11.4. The molecule has 262 valence electrons. The fraction of sp³-hybridized carbons (Fsp3) is 0.659. The van der Waals surface area contributed by atoms with Crippen LogP contribution in [0.3, 0.4) is 0 Å². The molecule has 0 aromatic rings. The fourth-order valence-electron chi connectivity index (χ4n) is 4.63. The molecule has 1 atom stereocenters. The number of hydrogen-bond acceptors (Lipinski definition) is 5. The van der Waals surface area contributed by atoms with Gasteiger partial charge in [-0.05, 0) is 83.5 Å². The van der Waals surface area contributed by atoms with Crippen molar-refractivity contribution in [2.24, 2.45) is 0 Å². The number of esters is 2. The van der Waals surface area contributed by atoms with Crippen LogP contribution in [-0.4, -0.2) is 36.4 Å². The minimum atomic E-state index is -0.986. The summed E-state index contributed by atoms with van der Waals surface area (Å²) in [5.74, 6) is -0.627. The Kier molecular flexibility index (Phi) is 34.7. The Morgan fingerprint density at radius 2 is 0.826 bits per heavy atom. The van der Waals surface area contributed by atoms with Crippen molar-refractivity contribution in [3.05, 3.63) is 72.9 Å². The standard InChI is InChI=1S/C41H68O5/c1-3-5-7-9-11-13-15-17-18-19-20-21-22-24-26-28-30-32-34-36-41(44)46-38-39(42)37-45-40(43)35-33-31-29-27-25-23-16-14-12-10-8-6-4-2/h5,7,11,13,17-18,20-21,23-26,39,42H,3-4,6,8-10,12,14-16,19,22,27-38H2,1-2H3/b7-5-,13-11-,18-17-,21-20-,25-23-,26-24-/t39-/m1/s1. The smallest absolute Gasteiger partial charge is 0.305 e. The van der Waals surface area contributed by atoms with E-state index < -0.39 is 6.10 Å². The van der Waals surface area contributed by atoms with Gasteiger partial charge >= 0.3 is 11.9 Å². The van der Waals surface area contributed by atoms with Gasteiger partial charge in [0.05, 0.1) is 0 Å². The molecule has 0 saturated heterocycles. The Hall–Kier alpha value is -2.66. The molecule has 0 heterocycles. The number of ether oxygens (including phenoxy) is 2. The van der Waals surface area contributed by atoms with Crippen molar-refractivity contribution < 1.29 is 24.2 Å². The van der Waals surface area contributed by atoms with Crippen LogP contribution < -0.4 is 0 Å². The van der Waals surface area contributed by atoms with Crippen LogP contribution in [0.25, 0.3) is 0 Å². The van der Waals surface area contributed by atoms with Crippen LogP contribution in [0.2, 0.25) is 0 Å². The molecule has 0 unspecified atom stereocenters. The summed E-state index contributed by atoms with van der Waals surface area (Å²) in [7, 11) is 0. The second kappa shape index (κ2) is 36.8. The van der Waals surface area contributed by atoms with Gasteiger partial charge in [0, 0.05) is 12.8 Å². The first-order chi connectivity index (χ1) is 22.6. The second-order valence-corrected chi connectivity index (χ2v) is 12.0. The first kappa shape index (κ1) is 43.3. The average Bonchev–Trinajstić information content (AvgIpc) is 3.06. The van der Waals surface area contributed by atoms with E-state index in [2.05, 4.69) is 86.8 Å². The summed E-state index contributed by atoms with van der Waals surface area (Å²) in [6.07, 6.45) is 48.1. The van der Waals surface area contributed by atoms with E-state index in [9.17, 15) is 14.7 Å². The second-order valence-electron chi connectivity index (χ2n) is 12.0. The van der Waals surface area contributed by atoms with Crippen molar-refractivity contribution in [3.8, 4) is 0 Å². The van der Waals surface area contributed by atoms with E-state index in [1.54, 1.807) is 0 Å². The summed E-state index contributed by atoms with van der Waals surface area (Å²) in [4.78, 5) is 23.9. The van der Waals surface area contributed by atoms with Crippen molar-refractivity contribution in [2.45, 2.75) is 161 Å². The molecule has 46 heavy (non-hydrogen) atoms. The maximum atomic E-state index is 11.9. The molecular formula is C41H68O5. The molecule has 5 heteroatoms. The van der Waals surface area contributed by atoms with Gasteiger partial charge in [0.15, 0.2) is 0 Å². The highest BCUT2D eigenvalue weighted by atomic mass is 16.6. The summed E-state index contributed by atoms with van der Waals surface area (Å²) < 4.78 is 10.3. The molecule has 0 aliphatic heterocycles. The molecule has 5 nitrogen and oxygen atoms in total. The minimum Gasteiger partial charge on any atom is -0.463 e. The zero-order chi connectivity index (χ0) is 33.6. The van der Waals surface area contributed by atoms with E-state index in [0.717, 1.165) is 83.5 Å². The van der Waals surface area contributed by atoms with Gasteiger partial charge in [-0.25, -0.2) is 0 Å². The third-order valence-corrected chi connectivity index (χ3v) is 7.43. The number of aliphatic hydroxyl groups excluding tert-OH is 1. The maximum Gasteiger partial charge on any atom is 0.305 e. The average molecular weight is 641 g/mol. The molecule has 0 aromatic heterocycles. The number of unbranched alkanes of at least 4 members (excludes halogenated alkanes) is 12. The van der Waals surface area contributed by atoms with E-state index in [4.69, 9.17) is 9.47 Å². The monoisotopic (exact) mass is 641 g/mol. The summed E-state index contributed by atoms with van der Waals surface area (Å²) >= 11 is 0. The van der Waals surface area contributed by atoms with Gasteiger partial charge < -0.3 is 14.6 Å². The first-order valence-corrected chi connectivity index (χ1v) is 18.5. The predicted molar refractivity (Wildman–Crippen MR) is 196 cm³/mol. The number of allylic oxidation sites excluding steroid dienone is 12. The zero-order valence-electron chi connectivity index (χ0n) is 29.6. The highest BCUT2D eigenvalue weighted by Crippen LogP contribution is 2.10. The van der Waals surface area contributed by atoms with Crippen molar-refractivity contribution >= 4 is 11.9 Å². The van der Waals surface area contributed by atoms with Crippen molar-refractivity contribution in [1.82, 2.24) is 0 Å². The van der Waals surface area contributed by atoms with Crippen LogP contribution in [0, 0.1) is 0 Å². The van der Waals surface area contributed by atoms with Gasteiger partial charge in [0.1, 0.15) is 19.3 Å². The van der Waals surface area contributed by atoms with Crippen LogP contribution in [-0.2, 0) is 19.1 Å². The molecule has 0 rings (SSSR count). The minimum absolute atomic E-state index is 0.138. The van der Waals surface area contributed by atoms with Crippen LogP contribution in [0.4, 0.5) is 0 Å². The van der Waals surface area contributed by atoms with E-state index >= 15 is 0 Å². The van der Waals surface area contributed by atoms with Crippen molar-refractivity contribution in [2.75, 3.05) is 13.2 Å². The Bertz CT molecular complexity index is 864. The third kappa shape index (κ3) is 35.8. The van der Waals surface area contributed by atoms with E-state index in [1.807, 2.05) is 0 Å². The Morgan fingerprint density at radius 3 is 1.26 bits per heavy atom. The largest absolute Gasteiger partial charge is 0.463 e. The van der Waals surface area contributed by atoms with Gasteiger partial charge in [-0.2, -0.15) is 0 Å². The van der Waals surface area contributed by atoms with Crippen LogP contribution in [0.5, 0.6) is 0 Å². The van der Waals surface area contributed by atoms with Gasteiger partial charge in [0.2, 0.25) is 0 Å². The van der Waals surface area contributed by atoms with Gasteiger partial charge in [-0.3, -0.25) is 9.59 Å². The summed E-state index contributed by atoms with van der Waals surface area (Å²) in [5, 5.41) is 9.98. The number of carbonyl (C=O) groups is 2. The molecule has 0 aliphatic rings. The Morgan fingerprint density at radius 1 is 0.478 bits per heavy atom. The lowest BCUT2D eigenvalue weighted by molar-refractivity contribution is -0.152. The van der Waals surface area contributed by atoms with Gasteiger partial charge in [0.25, 0.3) is 0 Å². The third-order valence-electron chi connectivity index (χ3n) is 7.43. The Balaban J connectivity index is 3.57.